The molecular formula is C12H16N6O4S. The van der Waals surface area contributed by atoms with Gasteiger partial charge >= 0.3 is 6.09 Å². The number of sulfone groups is 1. The molecule has 0 bridgehead atoms. The molecule has 0 saturated carbocycles. The Hall–Kier alpha value is -2.43. The van der Waals surface area contributed by atoms with Crippen molar-refractivity contribution in [2.24, 2.45) is 0 Å². The van der Waals surface area contributed by atoms with Crippen LogP contribution >= 0.6 is 0 Å². The summed E-state index contributed by atoms with van der Waals surface area (Å²) in [5.41, 5.74) is 0.378. The van der Waals surface area contributed by atoms with Crippen molar-refractivity contribution in [2.45, 2.75) is 18.1 Å². The molecule has 1 amide bonds. The summed E-state index contributed by atoms with van der Waals surface area (Å²) < 4.78 is 25.1. The molecule has 0 radical (unpaired) electrons. The van der Waals surface area contributed by atoms with E-state index in [1.54, 1.807) is 6.07 Å². The zero-order valence-corrected chi connectivity index (χ0v) is 13.4. The smallest absolute Gasteiger partial charge is 0.407 e. The van der Waals surface area contributed by atoms with Gasteiger partial charge in [0.15, 0.2) is 5.65 Å². The summed E-state index contributed by atoms with van der Waals surface area (Å²) in [4.78, 5) is 22.4. The molecule has 1 N–H and O–H groups in total. The first kappa shape index (κ1) is 15.5. The van der Waals surface area contributed by atoms with Gasteiger partial charge < -0.3 is 14.9 Å². The predicted octanol–water partition coefficient (Wildman–Crippen LogP) is -0.284. The second-order valence-electron chi connectivity index (χ2n) is 5.45. The maximum atomic E-state index is 11.8. The van der Waals surface area contributed by atoms with Crippen molar-refractivity contribution in [3.8, 4) is 0 Å². The number of carboxylic acid groups (broad SMARTS) is 1. The molecule has 2 aromatic heterocycles. The number of hydrogen-bond donors (Lipinski definition) is 1. The Morgan fingerprint density at radius 2 is 2.09 bits per heavy atom. The van der Waals surface area contributed by atoms with Crippen molar-refractivity contribution < 1.29 is 18.3 Å². The van der Waals surface area contributed by atoms with E-state index in [2.05, 4.69) is 15.1 Å². The van der Waals surface area contributed by atoms with Crippen molar-refractivity contribution in [3.05, 3.63) is 12.3 Å². The van der Waals surface area contributed by atoms with Gasteiger partial charge in [-0.25, -0.2) is 13.2 Å². The van der Waals surface area contributed by atoms with Gasteiger partial charge in [0.1, 0.15) is 0 Å². The summed E-state index contributed by atoms with van der Waals surface area (Å²) in [6.07, 6.45) is 1.59. The second-order valence-corrected chi connectivity index (χ2v) is 7.36. The molecular weight excluding hydrogens is 324 g/mol. The van der Waals surface area contributed by atoms with Gasteiger partial charge in [0.2, 0.25) is 15.8 Å². The predicted molar refractivity (Wildman–Crippen MR) is 80.3 cm³/mol. The number of fused-ring (bicyclic) bond motifs is 1. The molecule has 1 aliphatic rings. The second kappa shape index (κ2) is 5.33. The molecule has 1 atom stereocenters. The highest BCUT2D eigenvalue weighted by molar-refractivity contribution is 7.90. The topological polar surface area (TPSA) is 121 Å². The molecule has 3 rings (SSSR count). The molecule has 3 heterocycles. The molecule has 0 spiro atoms. The third-order valence-electron chi connectivity index (χ3n) is 3.70. The van der Waals surface area contributed by atoms with Crippen molar-refractivity contribution in [1.82, 2.24) is 24.5 Å². The van der Waals surface area contributed by atoms with E-state index in [0.717, 1.165) is 6.26 Å². The van der Waals surface area contributed by atoms with Crippen LogP contribution in [0.1, 0.15) is 6.92 Å². The normalized spacial score (nSPS) is 19.3. The number of rotatable bonds is 2. The zero-order valence-electron chi connectivity index (χ0n) is 12.6. The third-order valence-corrected chi connectivity index (χ3v) is 4.55. The Morgan fingerprint density at radius 1 is 1.35 bits per heavy atom. The van der Waals surface area contributed by atoms with Crippen LogP contribution in [0.4, 0.5) is 10.7 Å². The van der Waals surface area contributed by atoms with Gasteiger partial charge in [-0.1, -0.05) is 0 Å². The van der Waals surface area contributed by atoms with Crippen molar-refractivity contribution in [3.63, 3.8) is 0 Å². The molecule has 1 fully saturated rings. The van der Waals surface area contributed by atoms with Gasteiger partial charge in [0, 0.05) is 38.0 Å². The summed E-state index contributed by atoms with van der Waals surface area (Å²) in [5, 5.41) is 12.9. The Bertz CT molecular complexity index is 864. The first-order chi connectivity index (χ1) is 10.8. The molecule has 23 heavy (non-hydrogen) atoms. The van der Waals surface area contributed by atoms with Gasteiger partial charge in [0.05, 0.1) is 6.20 Å². The number of piperazine rings is 1. The lowest BCUT2D eigenvalue weighted by Gasteiger charge is -2.39. The van der Waals surface area contributed by atoms with E-state index in [9.17, 15) is 13.2 Å². The van der Waals surface area contributed by atoms with Crippen molar-refractivity contribution >= 4 is 27.5 Å². The molecule has 0 unspecified atom stereocenters. The highest BCUT2D eigenvalue weighted by atomic mass is 32.2. The molecule has 10 nitrogen and oxygen atoms in total. The average Bonchev–Trinajstić information content (AvgIpc) is 2.93. The summed E-state index contributed by atoms with van der Waals surface area (Å²) >= 11 is 0. The molecule has 1 aliphatic heterocycles. The number of anilines is 1. The largest absolute Gasteiger partial charge is 0.465 e. The Balaban J connectivity index is 2.05. The maximum Gasteiger partial charge on any atom is 0.407 e. The lowest BCUT2D eigenvalue weighted by Crippen LogP contribution is -2.54. The quantitative estimate of drug-likeness (QED) is 0.792. The molecule has 11 heteroatoms. The van der Waals surface area contributed by atoms with Crippen LogP contribution in [0.2, 0.25) is 0 Å². The zero-order chi connectivity index (χ0) is 16.8. The minimum atomic E-state index is -3.57. The summed E-state index contributed by atoms with van der Waals surface area (Å²) in [6, 6.07) is 1.42. The fourth-order valence-corrected chi connectivity index (χ4v) is 3.08. The Labute approximate surface area is 132 Å². The van der Waals surface area contributed by atoms with Gasteiger partial charge in [-0.2, -0.15) is 19.6 Å². The van der Waals surface area contributed by atoms with Crippen LogP contribution in [-0.4, -0.2) is 76.0 Å². The lowest BCUT2D eigenvalue weighted by molar-refractivity contribution is 0.136. The summed E-state index contributed by atoms with van der Waals surface area (Å²) in [5.74, 6) is 0.345. The van der Waals surface area contributed by atoms with Crippen LogP contribution in [0.15, 0.2) is 17.4 Å². The van der Waals surface area contributed by atoms with Crippen molar-refractivity contribution in [1.29, 1.82) is 0 Å². The number of carbonyl (C=O) groups is 1. The number of amides is 1. The average molecular weight is 340 g/mol. The summed E-state index contributed by atoms with van der Waals surface area (Å²) in [7, 11) is -3.57. The van der Waals surface area contributed by atoms with Gasteiger partial charge in [0.25, 0.3) is 5.16 Å². The van der Waals surface area contributed by atoms with Crippen LogP contribution in [0.3, 0.4) is 0 Å². The maximum absolute atomic E-state index is 11.8. The minimum absolute atomic E-state index is 0.172. The van der Waals surface area contributed by atoms with Gasteiger partial charge in [-0.3, -0.25) is 0 Å². The van der Waals surface area contributed by atoms with E-state index < -0.39 is 15.9 Å². The van der Waals surface area contributed by atoms with E-state index in [1.807, 2.05) is 11.8 Å². The van der Waals surface area contributed by atoms with Crippen LogP contribution in [0.25, 0.3) is 5.65 Å². The van der Waals surface area contributed by atoms with E-state index in [0.29, 0.717) is 31.2 Å². The molecule has 1 saturated heterocycles. The lowest BCUT2D eigenvalue weighted by atomic mass is 10.2. The molecule has 0 aromatic carbocycles. The van der Waals surface area contributed by atoms with Crippen LogP contribution < -0.4 is 4.90 Å². The fourth-order valence-electron chi connectivity index (χ4n) is 2.57. The number of nitrogens with zero attached hydrogens (tertiary/aromatic N) is 6. The molecule has 2 aromatic rings. The van der Waals surface area contributed by atoms with Gasteiger partial charge in [-0.15, -0.1) is 0 Å². The monoisotopic (exact) mass is 340 g/mol. The van der Waals surface area contributed by atoms with E-state index >= 15 is 0 Å². The number of hydrogen-bond acceptors (Lipinski definition) is 7. The van der Waals surface area contributed by atoms with Gasteiger partial charge in [-0.05, 0) is 6.92 Å². The Morgan fingerprint density at radius 3 is 2.70 bits per heavy atom. The first-order valence-corrected chi connectivity index (χ1v) is 8.83. The number of aromatic nitrogens is 4. The van der Waals surface area contributed by atoms with Crippen LogP contribution in [0.5, 0.6) is 0 Å². The molecule has 0 aliphatic carbocycles. The fraction of sp³-hybridized carbons (Fsp3) is 0.500. The van der Waals surface area contributed by atoms with E-state index in [-0.39, 0.29) is 11.2 Å². The minimum Gasteiger partial charge on any atom is -0.465 e. The van der Waals surface area contributed by atoms with Crippen LogP contribution in [-0.2, 0) is 9.84 Å². The highest BCUT2D eigenvalue weighted by Gasteiger charge is 2.30. The standard InChI is InChI=1S/C12H16N6O4S/c1-8-7-16(12(19)20)5-6-17(8)11-15-10(23(2,21)22)14-9-3-4-13-18(9)11/h3-4,8H,5-7H2,1-2H3,(H,19,20)/t8-/m0/s1. The van der Waals surface area contributed by atoms with Crippen LogP contribution in [0, 0.1) is 0 Å². The SMILES string of the molecule is C[C@H]1CN(C(=O)O)CCN1c1nc(S(C)(=O)=O)nc2ccnn12. The van der Waals surface area contributed by atoms with E-state index in [4.69, 9.17) is 5.11 Å². The third kappa shape index (κ3) is 2.79. The van der Waals surface area contributed by atoms with E-state index in [1.165, 1.54) is 15.6 Å². The first-order valence-electron chi connectivity index (χ1n) is 6.93. The highest BCUT2D eigenvalue weighted by Crippen LogP contribution is 2.20. The Kier molecular flexibility index (Phi) is 3.59. The van der Waals surface area contributed by atoms with Crippen molar-refractivity contribution in [2.75, 3.05) is 30.8 Å². The molecule has 124 valence electrons. The summed E-state index contributed by atoms with van der Waals surface area (Å²) in [6.45, 7) is 2.85.